The second-order valence-corrected chi connectivity index (χ2v) is 6.00. The summed E-state index contributed by atoms with van der Waals surface area (Å²) in [7, 11) is 1.34. The molecule has 1 amide bonds. The van der Waals surface area contributed by atoms with Crippen molar-refractivity contribution in [3.05, 3.63) is 59.7 Å². The van der Waals surface area contributed by atoms with Gasteiger partial charge in [-0.15, -0.1) is 11.8 Å². The minimum absolute atomic E-state index is 0.157. The van der Waals surface area contributed by atoms with Crippen LogP contribution < -0.4 is 5.32 Å². The van der Waals surface area contributed by atoms with E-state index in [2.05, 4.69) is 17.0 Å². The number of ether oxygens (including phenoxy) is 1. The van der Waals surface area contributed by atoms with E-state index in [-0.39, 0.29) is 5.91 Å². The molecule has 0 aromatic heterocycles. The van der Waals surface area contributed by atoms with Crippen LogP contribution in [-0.2, 0) is 4.74 Å². The van der Waals surface area contributed by atoms with Gasteiger partial charge >= 0.3 is 5.97 Å². The quantitative estimate of drug-likeness (QED) is 0.636. The highest BCUT2D eigenvalue weighted by Gasteiger charge is 2.12. The molecule has 5 heteroatoms. The molecule has 23 heavy (non-hydrogen) atoms. The molecule has 2 rings (SSSR count). The molecular formula is C18H19NO3S. The van der Waals surface area contributed by atoms with Gasteiger partial charge in [0.15, 0.2) is 0 Å². The molecule has 0 bridgehead atoms. The summed E-state index contributed by atoms with van der Waals surface area (Å²) >= 11 is 1.67. The van der Waals surface area contributed by atoms with Crippen LogP contribution in [0.2, 0.25) is 0 Å². The van der Waals surface area contributed by atoms with Crippen LogP contribution in [0.4, 0.5) is 5.69 Å². The van der Waals surface area contributed by atoms with Gasteiger partial charge in [-0.3, -0.25) is 4.79 Å². The van der Waals surface area contributed by atoms with E-state index in [0.717, 1.165) is 17.1 Å². The molecule has 0 aliphatic carbocycles. The molecule has 0 atom stereocenters. The van der Waals surface area contributed by atoms with Gasteiger partial charge in [-0.1, -0.05) is 19.1 Å². The summed E-state index contributed by atoms with van der Waals surface area (Å²) in [6.07, 6.45) is 1.05. The first-order valence-electron chi connectivity index (χ1n) is 7.37. The van der Waals surface area contributed by atoms with Gasteiger partial charge in [0.1, 0.15) is 0 Å². The summed E-state index contributed by atoms with van der Waals surface area (Å²) in [5, 5.41) is 2.85. The van der Waals surface area contributed by atoms with Gasteiger partial charge in [-0.2, -0.15) is 0 Å². The Bertz CT molecular complexity index is 683. The Morgan fingerprint density at radius 3 is 2.43 bits per heavy atom. The van der Waals surface area contributed by atoms with Crippen molar-refractivity contribution in [1.82, 2.24) is 0 Å². The van der Waals surface area contributed by atoms with Crippen molar-refractivity contribution in [1.29, 1.82) is 0 Å². The molecule has 0 unspecified atom stereocenters. The van der Waals surface area contributed by atoms with Crippen LogP contribution in [0.5, 0.6) is 0 Å². The molecule has 0 aliphatic heterocycles. The van der Waals surface area contributed by atoms with Gasteiger partial charge in [0.25, 0.3) is 5.91 Å². The van der Waals surface area contributed by atoms with Crippen molar-refractivity contribution < 1.29 is 14.3 Å². The van der Waals surface area contributed by atoms with Crippen LogP contribution in [0.15, 0.2) is 53.4 Å². The monoisotopic (exact) mass is 329 g/mol. The zero-order valence-electron chi connectivity index (χ0n) is 13.2. The number of carbonyl (C=O) groups is 2. The van der Waals surface area contributed by atoms with Crippen molar-refractivity contribution >= 4 is 29.3 Å². The average Bonchev–Trinajstić information content (AvgIpc) is 2.60. The highest BCUT2D eigenvalue weighted by molar-refractivity contribution is 7.99. The van der Waals surface area contributed by atoms with Gasteiger partial charge in [0.05, 0.1) is 18.2 Å². The first kappa shape index (κ1) is 17.1. The van der Waals surface area contributed by atoms with Crippen LogP contribution in [0, 0.1) is 0 Å². The number of esters is 1. The van der Waals surface area contributed by atoms with E-state index in [4.69, 9.17) is 0 Å². The summed E-state index contributed by atoms with van der Waals surface area (Å²) in [5.41, 5.74) is 1.74. The maximum atomic E-state index is 12.5. The highest BCUT2D eigenvalue weighted by Crippen LogP contribution is 2.24. The van der Waals surface area contributed by atoms with E-state index in [1.807, 2.05) is 24.3 Å². The van der Waals surface area contributed by atoms with E-state index >= 15 is 0 Å². The van der Waals surface area contributed by atoms with Crippen LogP contribution in [0.25, 0.3) is 0 Å². The average molecular weight is 329 g/mol. The predicted octanol–water partition coefficient (Wildman–Crippen LogP) is 4.23. The number of nitrogens with one attached hydrogen (secondary N) is 1. The highest BCUT2D eigenvalue weighted by atomic mass is 32.2. The molecule has 0 spiro atoms. The summed E-state index contributed by atoms with van der Waals surface area (Å²) in [6.45, 7) is 2.11. The molecule has 2 aromatic rings. The number of amides is 1. The molecule has 0 radical (unpaired) electrons. The number of benzene rings is 2. The molecule has 4 nitrogen and oxygen atoms in total. The van der Waals surface area contributed by atoms with E-state index in [0.29, 0.717) is 16.8 Å². The van der Waals surface area contributed by atoms with Crippen molar-refractivity contribution in [2.24, 2.45) is 0 Å². The number of rotatable bonds is 6. The predicted molar refractivity (Wildman–Crippen MR) is 93.2 cm³/mol. The normalized spacial score (nSPS) is 10.2. The lowest BCUT2D eigenvalue weighted by Crippen LogP contribution is -2.13. The summed E-state index contributed by atoms with van der Waals surface area (Å²) in [4.78, 5) is 24.8. The van der Waals surface area contributed by atoms with E-state index in [1.165, 1.54) is 7.11 Å². The fourth-order valence-corrected chi connectivity index (χ4v) is 2.91. The number of hydrogen-bond acceptors (Lipinski definition) is 4. The number of anilines is 1. The Kier molecular flexibility index (Phi) is 6.23. The fourth-order valence-electron chi connectivity index (χ4n) is 2.00. The largest absolute Gasteiger partial charge is 0.465 e. The molecule has 0 aliphatic rings. The number of hydrogen-bond donors (Lipinski definition) is 1. The maximum Gasteiger partial charge on any atom is 0.337 e. The van der Waals surface area contributed by atoms with Gasteiger partial charge in [0.2, 0.25) is 0 Å². The molecule has 2 aromatic carbocycles. The Labute approximate surface area is 140 Å². The summed E-state index contributed by atoms with van der Waals surface area (Å²) in [6, 6.07) is 14.2. The van der Waals surface area contributed by atoms with Gasteiger partial charge in [-0.25, -0.2) is 4.79 Å². The lowest BCUT2D eigenvalue weighted by Gasteiger charge is -2.10. The van der Waals surface area contributed by atoms with E-state index in [1.54, 1.807) is 36.0 Å². The van der Waals surface area contributed by atoms with Gasteiger partial charge in [0, 0.05) is 10.6 Å². The molecule has 1 N–H and O–H groups in total. The standard InChI is InChI=1S/C18H19NO3S/c1-3-12-23-16-7-5-4-6-15(16)17(20)19-14-10-8-13(9-11-14)18(21)22-2/h4-11H,3,12H2,1-2H3,(H,19,20). The lowest BCUT2D eigenvalue weighted by molar-refractivity contribution is 0.0600. The fraction of sp³-hybridized carbons (Fsp3) is 0.222. The topological polar surface area (TPSA) is 55.4 Å². The van der Waals surface area contributed by atoms with Crippen molar-refractivity contribution in [2.75, 3.05) is 18.2 Å². The van der Waals surface area contributed by atoms with Gasteiger partial charge < -0.3 is 10.1 Å². The Morgan fingerprint density at radius 1 is 1.09 bits per heavy atom. The zero-order valence-corrected chi connectivity index (χ0v) is 14.0. The molecule has 0 heterocycles. The minimum atomic E-state index is -0.399. The smallest absolute Gasteiger partial charge is 0.337 e. The number of thioether (sulfide) groups is 1. The Hall–Kier alpha value is -2.27. The third-order valence-corrected chi connectivity index (χ3v) is 4.44. The molecule has 120 valence electrons. The third-order valence-electron chi connectivity index (χ3n) is 3.16. The first-order valence-corrected chi connectivity index (χ1v) is 8.35. The van der Waals surface area contributed by atoms with Crippen molar-refractivity contribution in [2.45, 2.75) is 18.2 Å². The number of carbonyl (C=O) groups excluding carboxylic acids is 2. The Balaban J connectivity index is 2.11. The second kappa shape index (κ2) is 8.39. The molecule has 0 saturated heterocycles. The summed E-state index contributed by atoms with van der Waals surface area (Å²) in [5.74, 6) is 0.414. The zero-order chi connectivity index (χ0) is 16.7. The minimum Gasteiger partial charge on any atom is -0.465 e. The van der Waals surface area contributed by atoms with Crippen LogP contribution in [0.1, 0.15) is 34.1 Å². The van der Waals surface area contributed by atoms with E-state index < -0.39 is 5.97 Å². The van der Waals surface area contributed by atoms with Gasteiger partial charge in [-0.05, 0) is 48.6 Å². The lowest BCUT2D eigenvalue weighted by atomic mass is 10.2. The first-order chi connectivity index (χ1) is 11.2. The second-order valence-electron chi connectivity index (χ2n) is 4.87. The molecular weight excluding hydrogens is 310 g/mol. The summed E-state index contributed by atoms with van der Waals surface area (Å²) < 4.78 is 4.65. The van der Waals surface area contributed by atoms with Crippen molar-refractivity contribution in [3.8, 4) is 0 Å². The Morgan fingerprint density at radius 2 is 1.78 bits per heavy atom. The molecule has 0 saturated carbocycles. The third kappa shape index (κ3) is 4.60. The maximum absolute atomic E-state index is 12.5. The number of methoxy groups -OCH3 is 1. The SMILES string of the molecule is CCCSc1ccccc1C(=O)Nc1ccc(C(=O)OC)cc1. The molecule has 0 fully saturated rings. The van der Waals surface area contributed by atoms with Crippen LogP contribution in [-0.4, -0.2) is 24.7 Å². The van der Waals surface area contributed by atoms with Crippen molar-refractivity contribution in [3.63, 3.8) is 0 Å². The van der Waals surface area contributed by atoms with Crippen LogP contribution >= 0.6 is 11.8 Å². The van der Waals surface area contributed by atoms with Crippen LogP contribution in [0.3, 0.4) is 0 Å². The van der Waals surface area contributed by atoms with E-state index in [9.17, 15) is 9.59 Å².